The molecule has 0 aliphatic heterocycles. The van der Waals surface area contributed by atoms with Crippen LogP contribution in [0.25, 0.3) is 0 Å². The van der Waals surface area contributed by atoms with Gasteiger partial charge in [-0.25, -0.2) is 0 Å². The van der Waals surface area contributed by atoms with Crippen molar-refractivity contribution in [2.45, 2.75) is 26.3 Å². The first-order valence-electron chi connectivity index (χ1n) is 10.7. The van der Waals surface area contributed by atoms with Crippen molar-refractivity contribution in [2.75, 3.05) is 26.2 Å². The van der Waals surface area contributed by atoms with Gasteiger partial charge in [0.1, 0.15) is 0 Å². The number of carbonyl (C=O) groups is 1. The van der Waals surface area contributed by atoms with Gasteiger partial charge in [0.25, 0.3) is 0 Å². The van der Waals surface area contributed by atoms with Gasteiger partial charge in [-0.05, 0) is 41.9 Å². The fourth-order valence-corrected chi connectivity index (χ4v) is 3.73. The highest BCUT2D eigenvalue weighted by Gasteiger charge is 2.27. The summed E-state index contributed by atoms with van der Waals surface area (Å²) in [4.78, 5) is 22.4. The first kappa shape index (κ1) is 24.6. The van der Waals surface area contributed by atoms with Crippen molar-refractivity contribution in [1.82, 2.24) is 14.8 Å². The minimum atomic E-state index is -0.314. The minimum Gasteiger partial charge on any atom is -0.336 e. The molecule has 4 nitrogen and oxygen atoms in total. The number of amides is 1. The number of carbonyl (C=O) groups excluding carboxylic acids is 1. The predicted octanol–water partition coefficient (Wildman–Crippen LogP) is 5.01. The second kappa shape index (κ2) is 12.9. The van der Waals surface area contributed by atoms with Gasteiger partial charge in [0, 0.05) is 32.0 Å². The van der Waals surface area contributed by atoms with Gasteiger partial charge in [-0.3, -0.25) is 9.78 Å². The van der Waals surface area contributed by atoms with Crippen LogP contribution in [0.1, 0.15) is 36.5 Å². The summed E-state index contributed by atoms with van der Waals surface area (Å²) in [5.41, 5.74) is 3.14. The maximum absolute atomic E-state index is 13.9. The van der Waals surface area contributed by atoms with Crippen LogP contribution in [0.15, 0.2) is 85.2 Å². The number of nitrogens with zero attached hydrogens (tertiary/aromatic N) is 3. The van der Waals surface area contributed by atoms with Gasteiger partial charge >= 0.3 is 0 Å². The molecule has 0 saturated carbocycles. The smallest absolute Gasteiger partial charge is 0.234 e. The molecule has 0 aliphatic carbocycles. The van der Waals surface area contributed by atoms with Crippen LogP contribution in [0.5, 0.6) is 0 Å². The standard InChI is InChI=1S/C26H31N3O.ClH/c1-3-28(4-2)19-20-29(21-22-15-17-27-18-16-22)26(30)25(23-11-7-5-8-12-23)24-13-9-6-10-14-24;/h5-18,25H,3-4,19-21H2,1-2H3;1H. The third-order valence-electron chi connectivity index (χ3n) is 5.53. The summed E-state index contributed by atoms with van der Waals surface area (Å²) < 4.78 is 0. The maximum atomic E-state index is 13.9. The van der Waals surface area contributed by atoms with Crippen LogP contribution < -0.4 is 0 Å². The highest BCUT2D eigenvalue weighted by Crippen LogP contribution is 2.27. The Labute approximate surface area is 192 Å². The molecular formula is C26H32ClN3O. The SMILES string of the molecule is CCN(CC)CCN(Cc1ccncc1)C(=O)C(c1ccccc1)c1ccccc1.Cl. The van der Waals surface area contributed by atoms with Crippen molar-refractivity contribution in [1.29, 1.82) is 0 Å². The van der Waals surface area contributed by atoms with Gasteiger partial charge in [-0.1, -0.05) is 74.5 Å². The van der Waals surface area contributed by atoms with E-state index < -0.39 is 0 Å². The van der Waals surface area contributed by atoms with Crippen LogP contribution >= 0.6 is 12.4 Å². The number of pyridine rings is 1. The molecule has 3 aromatic rings. The van der Waals surface area contributed by atoms with Crippen molar-refractivity contribution in [3.8, 4) is 0 Å². The number of halogens is 1. The Hall–Kier alpha value is -2.69. The molecular weight excluding hydrogens is 406 g/mol. The Bertz CT molecular complexity index is 847. The Morgan fingerprint density at radius 2 is 1.32 bits per heavy atom. The molecule has 3 rings (SSSR count). The van der Waals surface area contributed by atoms with Crippen LogP contribution in [-0.2, 0) is 11.3 Å². The van der Waals surface area contributed by atoms with E-state index >= 15 is 0 Å². The Morgan fingerprint density at radius 3 is 1.81 bits per heavy atom. The zero-order chi connectivity index (χ0) is 21.2. The minimum absolute atomic E-state index is 0. The van der Waals surface area contributed by atoms with Gasteiger partial charge in [0.15, 0.2) is 0 Å². The Morgan fingerprint density at radius 1 is 0.806 bits per heavy atom. The lowest BCUT2D eigenvalue weighted by atomic mass is 9.90. The van der Waals surface area contributed by atoms with Crippen molar-refractivity contribution in [2.24, 2.45) is 0 Å². The third kappa shape index (κ3) is 6.91. The fourth-order valence-electron chi connectivity index (χ4n) is 3.73. The maximum Gasteiger partial charge on any atom is 0.234 e. The summed E-state index contributed by atoms with van der Waals surface area (Å²) in [5.74, 6) is -0.178. The van der Waals surface area contributed by atoms with Gasteiger partial charge in [0.05, 0.1) is 5.92 Å². The van der Waals surface area contributed by atoms with Crippen LogP contribution in [0.2, 0.25) is 0 Å². The van der Waals surface area contributed by atoms with Crippen LogP contribution in [0.4, 0.5) is 0 Å². The van der Waals surface area contributed by atoms with Crippen molar-refractivity contribution >= 4 is 18.3 Å². The van der Waals surface area contributed by atoms with E-state index in [0.717, 1.165) is 36.3 Å². The predicted molar refractivity (Wildman–Crippen MR) is 129 cm³/mol. The van der Waals surface area contributed by atoms with Crippen molar-refractivity contribution in [3.05, 3.63) is 102 Å². The zero-order valence-corrected chi connectivity index (χ0v) is 19.2. The molecule has 0 radical (unpaired) electrons. The van der Waals surface area contributed by atoms with Crippen LogP contribution in [0.3, 0.4) is 0 Å². The summed E-state index contributed by atoms with van der Waals surface area (Å²) >= 11 is 0. The molecule has 0 atom stereocenters. The van der Waals surface area contributed by atoms with Gasteiger partial charge in [-0.2, -0.15) is 0 Å². The Balaban J connectivity index is 0.00000341. The first-order chi connectivity index (χ1) is 14.7. The summed E-state index contributed by atoms with van der Waals surface area (Å²) in [6.07, 6.45) is 3.57. The fraction of sp³-hybridized carbons (Fsp3) is 0.308. The molecule has 0 saturated heterocycles. The number of aromatic nitrogens is 1. The molecule has 2 aromatic carbocycles. The van der Waals surface area contributed by atoms with Gasteiger partial charge in [0.2, 0.25) is 5.91 Å². The first-order valence-corrected chi connectivity index (χ1v) is 10.7. The number of hydrogen-bond donors (Lipinski definition) is 0. The summed E-state index contributed by atoms with van der Waals surface area (Å²) in [6, 6.07) is 24.1. The quantitative estimate of drug-likeness (QED) is 0.447. The molecule has 1 aromatic heterocycles. The number of rotatable bonds is 10. The molecule has 5 heteroatoms. The summed E-state index contributed by atoms with van der Waals surface area (Å²) in [6.45, 7) is 8.42. The van der Waals surface area contributed by atoms with E-state index in [4.69, 9.17) is 0 Å². The van der Waals surface area contributed by atoms with Crippen molar-refractivity contribution < 1.29 is 4.79 Å². The van der Waals surface area contributed by atoms with E-state index in [2.05, 4.69) is 23.7 Å². The van der Waals surface area contributed by atoms with E-state index in [9.17, 15) is 4.79 Å². The second-order valence-electron chi connectivity index (χ2n) is 7.40. The topological polar surface area (TPSA) is 36.4 Å². The normalized spacial score (nSPS) is 10.7. The highest BCUT2D eigenvalue weighted by molar-refractivity contribution is 5.87. The lowest BCUT2D eigenvalue weighted by molar-refractivity contribution is -0.132. The largest absolute Gasteiger partial charge is 0.336 e. The van der Waals surface area contributed by atoms with Crippen molar-refractivity contribution in [3.63, 3.8) is 0 Å². The number of likely N-dealkylation sites (N-methyl/N-ethyl adjacent to an activating group) is 1. The van der Waals surface area contributed by atoms with E-state index in [1.807, 2.05) is 77.7 Å². The van der Waals surface area contributed by atoms with E-state index in [1.165, 1.54) is 0 Å². The van der Waals surface area contributed by atoms with Gasteiger partial charge in [-0.15, -0.1) is 12.4 Å². The Kier molecular flexibility index (Phi) is 10.2. The second-order valence-corrected chi connectivity index (χ2v) is 7.40. The van der Waals surface area contributed by atoms with Crippen LogP contribution in [0, 0.1) is 0 Å². The molecule has 164 valence electrons. The summed E-state index contributed by atoms with van der Waals surface area (Å²) in [7, 11) is 0. The molecule has 0 spiro atoms. The average molecular weight is 438 g/mol. The number of benzene rings is 2. The molecule has 1 heterocycles. The molecule has 1 amide bonds. The molecule has 0 bridgehead atoms. The average Bonchev–Trinajstić information content (AvgIpc) is 2.81. The molecule has 0 N–H and O–H groups in total. The lowest BCUT2D eigenvalue weighted by Crippen LogP contribution is -2.40. The molecule has 0 aliphatic rings. The van der Waals surface area contributed by atoms with E-state index in [1.54, 1.807) is 12.4 Å². The van der Waals surface area contributed by atoms with Gasteiger partial charge < -0.3 is 9.80 Å². The molecule has 31 heavy (non-hydrogen) atoms. The van der Waals surface area contributed by atoms with Crippen LogP contribution in [-0.4, -0.2) is 46.9 Å². The molecule has 0 fully saturated rings. The monoisotopic (exact) mass is 437 g/mol. The molecule has 0 unspecified atom stereocenters. The summed E-state index contributed by atoms with van der Waals surface area (Å²) in [5, 5.41) is 0. The number of hydrogen-bond acceptors (Lipinski definition) is 3. The third-order valence-corrected chi connectivity index (χ3v) is 5.53. The van der Waals surface area contributed by atoms with E-state index in [0.29, 0.717) is 13.1 Å². The van der Waals surface area contributed by atoms with E-state index in [-0.39, 0.29) is 24.2 Å². The zero-order valence-electron chi connectivity index (χ0n) is 18.4. The lowest BCUT2D eigenvalue weighted by Gasteiger charge is -2.30. The highest BCUT2D eigenvalue weighted by atomic mass is 35.5.